The number of thioether (sulfide) groups is 1. The molecule has 1 aromatic heterocycles. The van der Waals surface area contributed by atoms with Gasteiger partial charge in [0.05, 0.1) is 25.9 Å². The van der Waals surface area contributed by atoms with Crippen LogP contribution in [0.1, 0.15) is 59.1 Å². The first-order valence-electron chi connectivity index (χ1n) is 13.7. The van der Waals surface area contributed by atoms with E-state index in [-0.39, 0.29) is 24.2 Å². The molecule has 2 aromatic carbocycles. The molecule has 0 saturated heterocycles. The topological polar surface area (TPSA) is 112 Å². The average molecular weight is 598 g/mol. The number of pyridine rings is 1. The van der Waals surface area contributed by atoms with Crippen molar-refractivity contribution in [3.63, 3.8) is 0 Å². The highest BCUT2D eigenvalue weighted by atomic mass is 32.2. The molecular formula is C31H35NO7S2. The Morgan fingerprint density at radius 2 is 1.88 bits per heavy atom. The maximum atomic E-state index is 11.4. The Hall–Kier alpha value is -3.24. The number of ether oxygens (including phenoxy) is 3. The van der Waals surface area contributed by atoms with Gasteiger partial charge in [0.15, 0.2) is 0 Å². The lowest BCUT2D eigenvalue weighted by Gasteiger charge is -2.20. The molecule has 2 aliphatic rings. The Morgan fingerprint density at radius 3 is 2.56 bits per heavy atom. The van der Waals surface area contributed by atoms with Crippen LogP contribution in [-0.2, 0) is 21.1 Å². The van der Waals surface area contributed by atoms with Crippen molar-refractivity contribution in [1.29, 1.82) is 0 Å². The van der Waals surface area contributed by atoms with Crippen molar-refractivity contribution in [2.24, 2.45) is 0 Å². The standard InChI is InChI=1S/C31H35NO7S2/c1-18-12-21(38-10-5-11-41(4,35)36)13-19(2)30(18)31-23-7-8-25(22(23)6-9-26(31)37-3)39-28-15-27-24(16-32-28)20(17-40-27)14-29(33)34/h6,9,12-13,15-16,20,25H,5,7-8,10-11,14,17H2,1-4H3,(H,33,34)/t20-,25?/m1/s1. The van der Waals surface area contributed by atoms with Crippen molar-refractivity contribution in [2.45, 2.75) is 56.4 Å². The number of aryl methyl sites for hydroxylation is 2. The van der Waals surface area contributed by atoms with E-state index in [0.29, 0.717) is 18.9 Å². The SMILES string of the molecule is COc1ccc2c(c1-c1c(C)cc(OCCCS(C)(=O)=O)cc1C)CCC2Oc1cc2c(cn1)[C@H](CC(=O)O)CS2. The lowest BCUT2D eigenvalue weighted by atomic mass is 9.89. The van der Waals surface area contributed by atoms with Crippen LogP contribution in [0.4, 0.5) is 0 Å². The first kappa shape index (κ1) is 29.3. The molecule has 0 bridgehead atoms. The molecule has 0 fully saturated rings. The maximum Gasteiger partial charge on any atom is 0.303 e. The van der Waals surface area contributed by atoms with E-state index in [0.717, 1.165) is 68.4 Å². The number of hydrogen-bond donors (Lipinski definition) is 1. The van der Waals surface area contributed by atoms with Crippen LogP contribution in [0.3, 0.4) is 0 Å². The van der Waals surface area contributed by atoms with Gasteiger partial charge in [-0.15, -0.1) is 11.8 Å². The van der Waals surface area contributed by atoms with Crippen molar-refractivity contribution in [2.75, 3.05) is 31.5 Å². The summed E-state index contributed by atoms with van der Waals surface area (Å²) in [6.45, 7) is 4.44. The molecule has 10 heteroatoms. The van der Waals surface area contributed by atoms with Gasteiger partial charge in [0.1, 0.15) is 27.4 Å². The number of nitrogens with zero attached hydrogens (tertiary/aromatic N) is 1. The summed E-state index contributed by atoms with van der Waals surface area (Å²) in [5.74, 6) is 2.09. The highest BCUT2D eigenvalue weighted by Gasteiger charge is 2.31. The molecule has 1 aliphatic heterocycles. The van der Waals surface area contributed by atoms with Gasteiger partial charge < -0.3 is 19.3 Å². The summed E-state index contributed by atoms with van der Waals surface area (Å²) < 4.78 is 41.0. The fourth-order valence-electron chi connectivity index (χ4n) is 5.85. The zero-order valence-electron chi connectivity index (χ0n) is 23.7. The van der Waals surface area contributed by atoms with Crippen molar-refractivity contribution in [1.82, 2.24) is 4.98 Å². The van der Waals surface area contributed by atoms with E-state index in [9.17, 15) is 18.3 Å². The van der Waals surface area contributed by atoms with E-state index in [1.807, 2.05) is 24.3 Å². The lowest BCUT2D eigenvalue weighted by Crippen LogP contribution is -2.08. The predicted octanol–water partition coefficient (Wildman–Crippen LogP) is 5.92. The van der Waals surface area contributed by atoms with Gasteiger partial charge in [-0.05, 0) is 84.7 Å². The molecule has 2 atom stereocenters. The number of methoxy groups -OCH3 is 1. The molecule has 0 amide bonds. The third-order valence-electron chi connectivity index (χ3n) is 7.65. The number of carboxylic acid groups (broad SMARTS) is 1. The monoisotopic (exact) mass is 597 g/mol. The Morgan fingerprint density at radius 1 is 1.12 bits per heavy atom. The molecule has 0 radical (unpaired) electrons. The predicted molar refractivity (Wildman–Crippen MR) is 159 cm³/mol. The Labute approximate surface area is 245 Å². The minimum atomic E-state index is -3.01. The first-order chi connectivity index (χ1) is 19.5. The number of aliphatic carboxylic acids is 1. The number of rotatable bonds is 11. The fraction of sp³-hybridized carbons (Fsp3) is 0.419. The van der Waals surface area contributed by atoms with Gasteiger partial charge in [-0.1, -0.05) is 6.07 Å². The molecule has 1 N–H and O–H groups in total. The van der Waals surface area contributed by atoms with Crippen LogP contribution in [-0.4, -0.2) is 56.0 Å². The number of carboxylic acids is 1. The number of benzene rings is 2. The summed E-state index contributed by atoms with van der Waals surface area (Å²) in [7, 11) is -1.33. The molecule has 1 aliphatic carbocycles. The molecule has 3 aromatic rings. The van der Waals surface area contributed by atoms with Crippen LogP contribution in [0.25, 0.3) is 11.1 Å². The Bertz CT molecular complexity index is 1560. The summed E-state index contributed by atoms with van der Waals surface area (Å²) in [5, 5.41) is 9.21. The number of hydrogen-bond acceptors (Lipinski definition) is 8. The van der Waals surface area contributed by atoms with Gasteiger partial charge in [0, 0.05) is 40.6 Å². The lowest BCUT2D eigenvalue weighted by molar-refractivity contribution is -0.137. The van der Waals surface area contributed by atoms with Gasteiger partial charge >= 0.3 is 5.97 Å². The minimum Gasteiger partial charge on any atom is -0.496 e. The molecular weight excluding hydrogens is 562 g/mol. The summed E-state index contributed by atoms with van der Waals surface area (Å²) in [6, 6.07) is 9.99. The van der Waals surface area contributed by atoms with Crippen molar-refractivity contribution < 1.29 is 32.5 Å². The average Bonchev–Trinajstić information content (AvgIpc) is 3.49. The second-order valence-electron chi connectivity index (χ2n) is 10.8. The van der Waals surface area contributed by atoms with Crippen LogP contribution < -0.4 is 14.2 Å². The van der Waals surface area contributed by atoms with Crippen LogP contribution in [0.5, 0.6) is 17.4 Å². The van der Waals surface area contributed by atoms with Crippen molar-refractivity contribution in [3.8, 4) is 28.5 Å². The van der Waals surface area contributed by atoms with E-state index in [4.69, 9.17) is 14.2 Å². The third-order valence-corrected chi connectivity index (χ3v) is 9.92. The number of fused-ring (bicyclic) bond motifs is 2. The first-order valence-corrected chi connectivity index (χ1v) is 16.7. The summed E-state index contributed by atoms with van der Waals surface area (Å²) in [4.78, 5) is 16.8. The quantitative estimate of drug-likeness (QED) is 0.269. The maximum absolute atomic E-state index is 11.4. The van der Waals surface area contributed by atoms with Crippen LogP contribution in [0.15, 0.2) is 41.4 Å². The van der Waals surface area contributed by atoms with Gasteiger partial charge in [-0.25, -0.2) is 13.4 Å². The summed E-state index contributed by atoms with van der Waals surface area (Å²) in [6.07, 6.45) is 5.04. The number of carbonyl (C=O) groups is 1. The van der Waals surface area contributed by atoms with E-state index in [1.54, 1.807) is 25.1 Å². The normalized spacial score (nSPS) is 17.7. The van der Waals surface area contributed by atoms with E-state index >= 15 is 0 Å². The van der Waals surface area contributed by atoms with E-state index < -0.39 is 15.8 Å². The molecule has 0 saturated carbocycles. The van der Waals surface area contributed by atoms with Crippen molar-refractivity contribution in [3.05, 3.63) is 64.3 Å². The molecule has 2 heterocycles. The van der Waals surface area contributed by atoms with E-state index in [1.165, 1.54) is 11.8 Å². The Balaban J connectivity index is 1.39. The minimum absolute atomic E-state index is 0.0213. The molecule has 8 nitrogen and oxygen atoms in total. The van der Waals surface area contributed by atoms with Crippen LogP contribution >= 0.6 is 11.8 Å². The van der Waals surface area contributed by atoms with Gasteiger partial charge in [-0.2, -0.15) is 0 Å². The van der Waals surface area contributed by atoms with Gasteiger partial charge in [0.25, 0.3) is 0 Å². The fourth-order valence-corrected chi connectivity index (χ4v) is 7.75. The molecule has 1 unspecified atom stereocenters. The smallest absolute Gasteiger partial charge is 0.303 e. The zero-order valence-corrected chi connectivity index (χ0v) is 25.4. The highest BCUT2D eigenvalue weighted by molar-refractivity contribution is 7.99. The Kier molecular flexibility index (Phi) is 8.52. The molecule has 41 heavy (non-hydrogen) atoms. The largest absolute Gasteiger partial charge is 0.496 e. The molecule has 0 spiro atoms. The van der Waals surface area contributed by atoms with Gasteiger partial charge in [0.2, 0.25) is 5.88 Å². The molecule has 5 rings (SSSR count). The van der Waals surface area contributed by atoms with Crippen LogP contribution in [0.2, 0.25) is 0 Å². The second kappa shape index (κ2) is 11.9. The van der Waals surface area contributed by atoms with Gasteiger partial charge in [-0.3, -0.25) is 4.79 Å². The highest BCUT2D eigenvalue weighted by Crippen LogP contribution is 2.47. The summed E-state index contributed by atoms with van der Waals surface area (Å²) >= 11 is 1.65. The van der Waals surface area contributed by atoms with Crippen LogP contribution in [0, 0.1) is 13.8 Å². The number of sulfone groups is 1. The summed E-state index contributed by atoms with van der Waals surface area (Å²) in [5.41, 5.74) is 7.54. The molecule has 218 valence electrons. The van der Waals surface area contributed by atoms with Crippen molar-refractivity contribution >= 4 is 27.6 Å². The van der Waals surface area contributed by atoms with E-state index in [2.05, 4.69) is 24.9 Å². The number of aromatic nitrogens is 1. The second-order valence-corrected chi connectivity index (χ2v) is 14.1. The zero-order chi connectivity index (χ0) is 29.3. The third kappa shape index (κ3) is 6.48.